The van der Waals surface area contributed by atoms with Crippen LogP contribution in [0.15, 0.2) is 36.5 Å². The monoisotopic (exact) mass is 597 g/mol. The van der Waals surface area contributed by atoms with Gasteiger partial charge in [0.05, 0.1) is 24.4 Å². The number of amides is 1. The zero-order valence-electron chi connectivity index (χ0n) is 26.1. The van der Waals surface area contributed by atoms with E-state index in [0.29, 0.717) is 32.1 Å². The van der Waals surface area contributed by atoms with Crippen molar-refractivity contribution in [3.63, 3.8) is 0 Å². The summed E-state index contributed by atoms with van der Waals surface area (Å²) in [5.74, 6) is -3.27. The van der Waals surface area contributed by atoms with Crippen molar-refractivity contribution in [2.45, 2.75) is 115 Å². The molecule has 0 aromatic carbocycles. The summed E-state index contributed by atoms with van der Waals surface area (Å²) in [5, 5.41) is 33.3. The second kappa shape index (κ2) is 16.1. The van der Waals surface area contributed by atoms with Gasteiger partial charge in [0, 0.05) is 58.0 Å². The van der Waals surface area contributed by atoms with Crippen molar-refractivity contribution in [2.24, 2.45) is 11.3 Å². The van der Waals surface area contributed by atoms with Gasteiger partial charge in [0.1, 0.15) is 6.10 Å². The number of ether oxygens (including phenoxy) is 5. The fourth-order valence-corrected chi connectivity index (χ4v) is 5.65. The summed E-state index contributed by atoms with van der Waals surface area (Å²) < 4.78 is 29.5. The summed E-state index contributed by atoms with van der Waals surface area (Å²) in [5.41, 5.74) is 0.373. The summed E-state index contributed by atoms with van der Waals surface area (Å²) in [6, 6.07) is 0. The number of carboxylic acid groups (broad SMARTS) is 1. The molecule has 2 rings (SSSR count). The Morgan fingerprint density at radius 1 is 1.19 bits per heavy atom. The maximum atomic E-state index is 13.3. The van der Waals surface area contributed by atoms with E-state index in [1.807, 2.05) is 33.8 Å². The summed E-state index contributed by atoms with van der Waals surface area (Å²) >= 11 is 0. The van der Waals surface area contributed by atoms with Gasteiger partial charge >= 0.3 is 5.97 Å². The summed E-state index contributed by atoms with van der Waals surface area (Å²) in [6.07, 6.45) is 4.09. The smallest absolute Gasteiger partial charge is 0.328 e. The maximum Gasteiger partial charge on any atom is 0.328 e. The minimum absolute atomic E-state index is 0.0462. The van der Waals surface area contributed by atoms with E-state index >= 15 is 0 Å². The third-order valence-electron chi connectivity index (χ3n) is 8.70. The standard InChI is InChI=1S/C31H51NO10/c1-19-18-31(40-8,42-21(3)20(19)2)27(36)28(37)32-29(39-7)23-17-24(38-6)30(4,5)25(41-23)16-22(33)14-12-10-9-11-13-15-26(34)35/h9,11,13,15,20-25,27,29,33,36H,1,10,12,14,16-18H2,2-8H3,(H,32,37)(H,34,35)/b11-9+,15-13+/t20-,21-,22+,23+,24-,25-,27-,29+,31-/m1/s1. The molecule has 11 nitrogen and oxygen atoms in total. The Kier molecular flexibility index (Phi) is 13.8. The molecule has 2 saturated heterocycles. The Morgan fingerprint density at radius 2 is 1.88 bits per heavy atom. The number of nitrogens with one attached hydrogen (secondary N) is 1. The number of aliphatic carboxylic acids is 1. The second-order valence-electron chi connectivity index (χ2n) is 11.9. The molecule has 240 valence electrons. The van der Waals surface area contributed by atoms with Crippen LogP contribution in [0.5, 0.6) is 0 Å². The molecule has 0 unspecified atom stereocenters. The molecular formula is C31H51NO10. The lowest BCUT2D eigenvalue weighted by Crippen LogP contribution is -2.62. The normalized spacial score (nSPS) is 32.1. The molecule has 0 aromatic rings. The summed E-state index contributed by atoms with van der Waals surface area (Å²) in [7, 11) is 4.45. The lowest BCUT2D eigenvalue weighted by Gasteiger charge is -2.49. The van der Waals surface area contributed by atoms with Crippen LogP contribution < -0.4 is 5.32 Å². The predicted octanol–water partition coefficient (Wildman–Crippen LogP) is 3.10. The Labute approximate surface area is 249 Å². The van der Waals surface area contributed by atoms with Gasteiger partial charge in [0.2, 0.25) is 5.79 Å². The van der Waals surface area contributed by atoms with Crippen LogP contribution >= 0.6 is 0 Å². The van der Waals surface area contributed by atoms with Crippen molar-refractivity contribution in [1.82, 2.24) is 5.32 Å². The first-order valence-corrected chi connectivity index (χ1v) is 14.6. The first-order valence-electron chi connectivity index (χ1n) is 14.6. The van der Waals surface area contributed by atoms with Gasteiger partial charge in [-0.2, -0.15) is 0 Å². The molecule has 9 atom stereocenters. The topological polar surface area (TPSA) is 153 Å². The van der Waals surface area contributed by atoms with E-state index in [2.05, 4.69) is 11.9 Å². The molecule has 2 fully saturated rings. The molecule has 42 heavy (non-hydrogen) atoms. The van der Waals surface area contributed by atoms with Crippen LogP contribution in [0.2, 0.25) is 0 Å². The summed E-state index contributed by atoms with van der Waals surface area (Å²) in [4.78, 5) is 23.8. The largest absolute Gasteiger partial charge is 0.478 e. The maximum absolute atomic E-state index is 13.3. The van der Waals surface area contributed by atoms with Crippen LogP contribution in [0.1, 0.15) is 66.2 Å². The second-order valence-corrected chi connectivity index (χ2v) is 11.9. The molecule has 0 radical (unpaired) electrons. The van der Waals surface area contributed by atoms with Crippen molar-refractivity contribution in [3.8, 4) is 0 Å². The number of carbonyl (C=O) groups is 2. The lowest BCUT2D eigenvalue weighted by atomic mass is 9.73. The van der Waals surface area contributed by atoms with E-state index in [1.54, 1.807) is 13.2 Å². The average molecular weight is 598 g/mol. The van der Waals surface area contributed by atoms with Crippen molar-refractivity contribution in [1.29, 1.82) is 0 Å². The fourth-order valence-electron chi connectivity index (χ4n) is 5.65. The molecule has 2 heterocycles. The van der Waals surface area contributed by atoms with E-state index in [9.17, 15) is 19.8 Å². The van der Waals surface area contributed by atoms with Gasteiger partial charge in [0.15, 0.2) is 12.3 Å². The van der Waals surface area contributed by atoms with E-state index in [1.165, 1.54) is 20.3 Å². The Hall–Kier alpha value is -2.12. The molecule has 0 saturated carbocycles. The first kappa shape index (κ1) is 36.1. The third kappa shape index (κ3) is 9.19. The zero-order valence-corrected chi connectivity index (χ0v) is 26.1. The number of aliphatic hydroxyl groups excluding tert-OH is 2. The number of aliphatic hydroxyl groups is 2. The number of hydrogen-bond donors (Lipinski definition) is 4. The number of hydrogen-bond acceptors (Lipinski definition) is 9. The third-order valence-corrected chi connectivity index (χ3v) is 8.70. The van der Waals surface area contributed by atoms with E-state index < -0.39 is 53.7 Å². The van der Waals surface area contributed by atoms with Gasteiger partial charge in [-0.25, -0.2) is 4.79 Å². The number of allylic oxidation sites excluding steroid dienone is 3. The quantitative estimate of drug-likeness (QED) is 0.0728. The number of carbonyl (C=O) groups excluding carboxylic acids is 1. The molecular weight excluding hydrogens is 546 g/mol. The van der Waals surface area contributed by atoms with Crippen molar-refractivity contribution in [3.05, 3.63) is 36.5 Å². The molecule has 2 aliphatic rings. The van der Waals surface area contributed by atoms with Gasteiger partial charge in [-0.1, -0.05) is 51.2 Å². The highest BCUT2D eigenvalue weighted by molar-refractivity contribution is 5.82. The van der Waals surface area contributed by atoms with Crippen molar-refractivity contribution in [2.75, 3.05) is 21.3 Å². The molecule has 11 heteroatoms. The van der Waals surface area contributed by atoms with Gasteiger partial charge < -0.3 is 44.3 Å². The number of methoxy groups -OCH3 is 3. The zero-order chi connectivity index (χ0) is 31.7. The molecule has 2 aliphatic heterocycles. The SMILES string of the molecule is C=C1C[C@](OC)([C@H](O)C(=O)N[C@@H](OC)[C@@H]2C[C@@H](OC)C(C)(C)[C@@H](C[C@@H](O)CCC/C=C/C=C/C(=O)O)O2)O[C@H](C)[C@@H]1C. The highest BCUT2D eigenvalue weighted by Crippen LogP contribution is 2.42. The van der Waals surface area contributed by atoms with Gasteiger partial charge in [-0.3, -0.25) is 4.79 Å². The van der Waals surface area contributed by atoms with Crippen LogP contribution in [-0.4, -0.2) is 97.2 Å². The van der Waals surface area contributed by atoms with E-state index in [4.69, 9.17) is 28.8 Å². The highest BCUT2D eigenvalue weighted by Gasteiger charge is 2.51. The molecule has 0 spiro atoms. The van der Waals surface area contributed by atoms with Crippen LogP contribution in [-0.2, 0) is 33.3 Å². The Bertz CT molecular complexity index is 965. The van der Waals surface area contributed by atoms with Crippen LogP contribution in [0.4, 0.5) is 0 Å². The van der Waals surface area contributed by atoms with Crippen LogP contribution in [0.3, 0.4) is 0 Å². The minimum Gasteiger partial charge on any atom is -0.478 e. The van der Waals surface area contributed by atoms with E-state index in [0.717, 1.165) is 11.6 Å². The number of unbranched alkanes of at least 4 members (excludes halogenated alkanes) is 1. The molecule has 0 aromatic heterocycles. The number of rotatable bonds is 15. The van der Waals surface area contributed by atoms with Crippen molar-refractivity contribution < 1.29 is 48.6 Å². The predicted molar refractivity (Wildman–Crippen MR) is 156 cm³/mol. The molecule has 1 amide bonds. The molecule has 4 N–H and O–H groups in total. The average Bonchev–Trinajstić information content (AvgIpc) is 2.94. The Morgan fingerprint density at radius 3 is 2.45 bits per heavy atom. The van der Waals surface area contributed by atoms with Gasteiger partial charge in [-0.05, 0) is 26.2 Å². The van der Waals surface area contributed by atoms with E-state index in [-0.39, 0.29) is 24.5 Å². The highest BCUT2D eigenvalue weighted by atomic mass is 16.7. The van der Waals surface area contributed by atoms with Gasteiger partial charge in [0.25, 0.3) is 5.91 Å². The van der Waals surface area contributed by atoms with Gasteiger partial charge in [-0.15, -0.1) is 0 Å². The molecule has 0 bridgehead atoms. The minimum atomic E-state index is -1.66. The summed E-state index contributed by atoms with van der Waals surface area (Å²) in [6.45, 7) is 11.9. The lowest BCUT2D eigenvalue weighted by molar-refractivity contribution is -0.298. The number of carboxylic acids is 1. The fraction of sp³-hybridized carbons (Fsp3) is 0.742. The van der Waals surface area contributed by atoms with Crippen LogP contribution in [0, 0.1) is 11.3 Å². The first-order chi connectivity index (χ1) is 19.7. The van der Waals surface area contributed by atoms with Crippen molar-refractivity contribution >= 4 is 11.9 Å². The Balaban J connectivity index is 2.07. The van der Waals surface area contributed by atoms with Crippen LogP contribution in [0.25, 0.3) is 0 Å². The molecule has 0 aliphatic carbocycles.